The summed E-state index contributed by atoms with van der Waals surface area (Å²) in [4.78, 5) is 2.50. The molecule has 2 bridgehead atoms. The Hall–Kier alpha value is -0.280. The molecule has 0 saturated carbocycles. The predicted octanol–water partition coefficient (Wildman–Crippen LogP) is 3.70. The van der Waals surface area contributed by atoms with Gasteiger partial charge in [-0.15, -0.1) is 0 Å². The average Bonchev–Trinajstić information content (AvgIpc) is 2.87. The number of morpholine rings is 1. The summed E-state index contributed by atoms with van der Waals surface area (Å²) >= 11 is 12.1. The van der Waals surface area contributed by atoms with Gasteiger partial charge < -0.3 is 4.74 Å². The molecule has 1 aromatic carbocycles. The lowest BCUT2D eigenvalue weighted by Gasteiger charge is -2.36. The molecule has 0 spiro atoms. The van der Waals surface area contributed by atoms with Gasteiger partial charge in [-0.25, -0.2) is 0 Å². The first kappa shape index (κ1) is 12.7. The van der Waals surface area contributed by atoms with Crippen molar-refractivity contribution in [3.8, 4) is 0 Å². The van der Waals surface area contributed by atoms with Crippen LogP contribution in [-0.4, -0.2) is 30.1 Å². The number of hydrogen-bond donors (Lipinski definition) is 0. The van der Waals surface area contributed by atoms with Crippen LogP contribution in [0, 0.1) is 0 Å². The number of benzene rings is 1. The quantitative estimate of drug-likeness (QED) is 0.822. The zero-order valence-electron chi connectivity index (χ0n) is 10.6. The third-order valence-electron chi connectivity index (χ3n) is 4.27. The Morgan fingerprint density at radius 1 is 1.39 bits per heavy atom. The van der Waals surface area contributed by atoms with Crippen molar-refractivity contribution in [1.82, 2.24) is 4.90 Å². The van der Waals surface area contributed by atoms with Gasteiger partial charge in [0.25, 0.3) is 0 Å². The molecule has 3 atom stereocenters. The first-order valence-electron chi connectivity index (χ1n) is 6.43. The van der Waals surface area contributed by atoms with Crippen LogP contribution in [0.3, 0.4) is 0 Å². The van der Waals surface area contributed by atoms with E-state index in [4.69, 9.17) is 27.9 Å². The molecule has 0 N–H and O–H groups in total. The van der Waals surface area contributed by atoms with E-state index in [-0.39, 0.29) is 11.7 Å². The molecule has 2 aliphatic heterocycles. The third kappa shape index (κ3) is 1.78. The highest BCUT2D eigenvalue weighted by Crippen LogP contribution is 2.48. The van der Waals surface area contributed by atoms with Crippen LogP contribution in [0.4, 0.5) is 0 Å². The van der Waals surface area contributed by atoms with Crippen LogP contribution in [0.25, 0.3) is 0 Å². The van der Waals surface area contributed by atoms with Crippen molar-refractivity contribution >= 4 is 23.2 Å². The van der Waals surface area contributed by atoms with E-state index in [9.17, 15) is 0 Å². The molecule has 18 heavy (non-hydrogen) atoms. The minimum atomic E-state index is -0.186. The van der Waals surface area contributed by atoms with Crippen LogP contribution in [0.2, 0.25) is 10.0 Å². The lowest BCUT2D eigenvalue weighted by atomic mass is 9.93. The molecular formula is C14H17Cl2NO. The second-order valence-corrected chi connectivity index (χ2v) is 6.10. The fourth-order valence-corrected chi connectivity index (χ4v) is 3.66. The Balaban J connectivity index is 1.98. The Labute approximate surface area is 118 Å². The molecular weight excluding hydrogens is 269 g/mol. The Kier molecular flexibility index (Phi) is 3.10. The Morgan fingerprint density at radius 3 is 2.78 bits per heavy atom. The van der Waals surface area contributed by atoms with Gasteiger partial charge >= 0.3 is 0 Å². The molecule has 2 nitrogen and oxygen atoms in total. The molecule has 0 aliphatic carbocycles. The fraction of sp³-hybridized carbons (Fsp3) is 0.571. The molecule has 2 fully saturated rings. The molecule has 3 unspecified atom stereocenters. The number of ether oxygens (including phenoxy) is 1. The van der Waals surface area contributed by atoms with Gasteiger partial charge in [-0.2, -0.15) is 0 Å². The van der Waals surface area contributed by atoms with Crippen molar-refractivity contribution in [3.63, 3.8) is 0 Å². The summed E-state index contributed by atoms with van der Waals surface area (Å²) in [6, 6.07) is 6.40. The van der Waals surface area contributed by atoms with Crippen molar-refractivity contribution in [1.29, 1.82) is 0 Å². The van der Waals surface area contributed by atoms with Crippen LogP contribution in [-0.2, 0) is 10.3 Å². The zero-order valence-corrected chi connectivity index (χ0v) is 12.1. The molecule has 2 saturated heterocycles. The van der Waals surface area contributed by atoms with E-state index in [0.29, 0.717) is 16.1 Å². The number of fused-ring (bicyclic) bond motifs is 2. The summed E-state index contributed by atoms with van der Waals surface area (Å²) in [5, 5.41) is 1.21. The summed E-state index contributed by atoms with van der Waals surface area (Å²) in [6.45, 7) is 6.39. The molecule has 3 rings (SSSR count). The second kappa shape index (κ2) is 4.38. The van der Waals surface area contributed by atoms with Gasteiger partial charge in [0.2, 0.25) is 0 Å². The smallest absolute Gasteiger partial charge is 0.108 e. The standard InChI is InChI=1S/C14H17Cl2NO/c1-3-17-8-14(7-13(17)9(2)18-14)10-4-5-11(15)12(16)6-10/h4-6,9,13H,3,7-8H2,1-2H3. The van der Waals surface area contributed by atoms with Crippen LogP contribution in [0.1, 0.15) is 25.8 Å². The maximum atomic E-state index is 6.22. The number of halogens is 2. The second-order valence-electron chi connectivity index (χ2n) is 5.28. The molecule has 2 aliphatic rings. The van der Waals surface area contributed by atoms with Crippen molar-refractivity contribution in [2.24, 2.45) is 0 Å². The minimum absolute atomic E-state index is 0.186. The van der Waals surface area contributed by atoms with Gasteiger partial charge in [-0.05, 0) is 37.6 Å². The molecule has 0 amide bonds. The maximum absolute atomic E-state index is 6.22. The Morgan fingerprint density at radius 2 is 2.17 bits per heavy atom. The lowest BCUT2D eigenvalue weighted by Crippen LogP contribution is -2.45. The topological polar surface area (TPSA) is 12.5 Å². The summed E-state index contributed by atoms with van der Waals surface area (Å²) in [5.74, 6) is 0. The highest BCUT2D eigenvalue weighted by atomic mass is 35.5. The molecule has 0 radical (unpaired) electrons. The van der Waals surface area contributed by atoms with E-state index < -0.39 is 0 Å². The summed E-state index contributed by atoms with van der Waals surface area (Å²) in [5.41, 5.74) is 0.969. The van der Waals surface area contributed by atoms with Crippen molar-refractivity contribution in [2.45, 2.75) is 38.0 Å². The highest BCUT2D eigenvalue weighted by molar-refractivity contribution is 6.42. The fourth-order valence-electron chi connectivity index (χ4n) is 3.36. The largest absolute Gasteiger partial charge is 0.364 e. The predicted molar refractivity (Wildman–Crippen MR) is 74.3 cm³/mol. The van der Waals surface area contributed by atoms with Crippen molar-refractivity contribution in [3.05, 3.63) is 33.8 Å². The van der Waals surface area contributed by atoms with Gasteiger partial charge in [0.1, 0.15) is 5.60 Å². The lowest BCUT2D eigenvalue weighted by molar-refractivity contribution is -0.0914. The number of hydrogen-bond acceptors (Lipinski definition) is 2. The van der Waals surface area contributed by atoms with Crippen LogP contribution >= 0.6 is 23.2 Å². The van der Waals surface area contributed by atoms with E-state index >= 15 is 0 Å². The molecule has 2 heterocycles. The van der Waals surface area contributed by atoms with Gasteiger partial charge in [-0.1, -0.05) is 36.2 Å². The maximum Gasteiger partial charge on any atom is 0.108 e. The van der Waals surface area contributed by atoms with Crippen LogP contribution in [0.15, 0.2) is 18.2 Å². The van der Waals surface area contributed by atoms with Gasteiger partial charge in [0.05, 0.1) is 16.1 Å². The highest BCUT2D eigenvalue weighted by Gasteiger charge is 2.54. The first-order valence-corrected chi connectivity index (χ1v) is 7.19. The molecule has 0 aromatic heterocycles. The summed E-state index contributed by atoms with van der Waals surface area (Å²) in [6.07, 6.45) is 1.34. The van der Waals surface area contributed by atoms with E-state index in [0.717, 1.165) is 25.1 Å². The number of nitrogens with zero attached hydrogens (tertiary/aromatic N) is 1. The first-order chi connectivity index (χ1) is 8.55. The van der Waals surface area contributed by atoms with Crippen molar-refractivity contribution < 1.29 is 4.74 Å². The number of likely N-dealkylation sites (tertiary alicyclic amines) is 1. The normalized spacial score (nSPS) is 35.3. The van der Waals surface area contributed by atoms with Crippen LogP contribution in [0.5, 0.6) is 0 Å². The third-order valence-corrected chi connectivity index (χ3v) is 5.01. The Bertz CT molecular complexity index is 475. The number of likely N-dealkylation sites (N-methyl/N-ethyl adjacent to an activating group) is 1. The van der Waals surface area contributed by atoms with Gasteiger partial charge in [-0.3, -0.25) is 4.90 Å². The van der Waals surface area contributed by atoms with E-state index in [1.54, 1.807) is 0 Å². The summed E-state index contributed by atoms with van der Waals surface area (Å²) in [7, 11) is 0. The van der Waals surface area contributed by atoms with Crippen LogP contribution < -0.4 is 0 Å². The monoisotopic (exact) mass is 285 g/mol. The van der Waals surface area contributed by atoms with E-state index in [1.807, 2.05) is 18.2 Å². The molecule has 1 aromatic rings. The van der Waals surface area contributed by atoms with Gasteiger partial charge in [0.15, 0.2) is 0 Å². The van der Waals surface area contributed by atoms with E-state index in [2.05, 4.69) is 18.7 Å². The van der Waals surface area contributed by atoms with Gasteiger partial charge in [0, 0.05) is 12.6 Å². The minimum Gasteiger partial charge on any atom is -0.364 e. The molecule has 4 heteroatoms. The van der Waals surface area contributed by atoms with E-state index in [1.165, 1.54) is 0 Å². The average molecular weight is 286 g/mol. The summed E-state index contributed by atoms with van der Waals surface area (Å²) < 4.78 is 6.22. The molecule has 98 valence electrons. The number of rotatable bonds is 2. The zero-order chi connectivity index (χ0) is 12.9. The SMILES string of the molecule is CCN1CC2(c3ccc(Cl)c(Cl)c3)CC1C(C)O2. The van der Waals surface area contributed by atoms with Crippen molar-refractivity contribution in [2.75, 3.05) is 13.1 Å².